The van der Waals surface area contributed by atoms with Crippen LogP contribution in [0.4, 0.5) is 0 Å². The minimum absolute atomic E-state index is 0.189. The average Bonchev–Trinajstić information content (AvgIpc) is 2.98. The molecule has 3 saturated heterocycles. The Hall–Kier alpha value is -1.17. The zero-order valence-electron chi connectivity index (χ0n) is 24.9. The molecule has 3 heterocycles. The van der Waals surface area contributed by atoms with Gasteiger partial charge in [0.05, 0.1) is 26.4 Å². The van der Waals surface area contributed by atoms with Crippen LogP contribution in [0.5, 0.6) is 0 Å². The molecule has 3 aliphatic rings. The molecule has 0 aliphatic carbocycles. The number of carbonyl (C=O) groups excluding carboxylic acids is 1. The van der Waals surface area contributed by atoms with Crippen LogP contribution >= 0.6 is 0 Å². The molecule has 6 unspecified atom stereocenters. The van der Waals surface area contributed by atoms with Gasteiger partial charge in [-0.25, -0.2) is 0 Å². The number of rotatable bonds is 14. The van der Waals surface area contributed by atoms with Crippen molar-refractivity contribution in [3.05, 3.63) is 0 Å². The van der Waals surface area contributed by atoms with Crippen molar-refractivity contribution in [3.8, 4) is 0 Å². The molecule has 44 heavy (non-hydrogen) atoms. The summed E-state index contributed by atoms with van der Waals surface area (Å²) in [6, 6.07) is -0.919. The van der Waals surface area contributed by atoms with Gasteiger partial charge in [0.15, 0.2) is 18.9 Å². The van der Waals surface area contributed by atoms with E-state index in [9.17, 15) is 50.8 Å². The summed E-state index contributed by atoms with van der Waals surface area (Å²) in [7, 11) is 0. The predicted molar refractivity (Wildman–Crippen MR) is 144 cm³/mol. The quantitative estimate of drug-likeness (QED) is 0.0785. The number of hydrogen-bond donors (Lipinski definition) is 11. The molecule has 0 aromatic rings. The fourth-order valence-corrected chi connectivity index (χ4v) is 5.24. The zero-order chi connectivity index (χ0) is 32.7. The van der Waals surface area contributed by atoms with Crippen LogP contribution < -0.4 is 10.6 Å². The standard InChI is InChI=1S/C26H48N2O16/c1-10(2)27-5-4-6-39-24-15(28-11(3)32)18(35)22(14(9-31)42-24)43-26-21(38)23(17(34)13(8-30)41-26)44-25-20(37)19(36)16(33)12(7-29)40-25/h10,12-27,29-31,33-38H,4-9H2,1-3H3,(H,28,32)/t12?,13?,14?,15?,16-,17-,18+,19-,20?,21?,22+,23-,24+,25-,26-/m0/s1. The van der Waals surface area contributed by atoms with Crippen molar-refractivity contribution in [2.24, 2.45) is 0 Å². The van der Waals surface area contributed by atoms with E-state index in [2.05, 4.69) is 10.6 Å². The van der Waals surface area contributed by atoms with Crippen LogP contribution in [0, 0.1) is 0 Å². The molecule has 3 fully saturated rings. The molecule has 0 radical (unpaired) electrons. The molecule has 11 N–H and O–H groups in total. The second kappa shape index (κ2) is 17.1. The Bertz CT molecular complexity index is 872. The molecule has 15 atom stereocenters. The van der Waals surface area contributed by atoms with E-state index < -0.39 is 118 Å². The number of nitrogens with one attached hydrogen (secondary N) is 2. The summed E-state index contributed by atoms with van der Waals surface area (Å²) < 4.78 is 33.8. The van der Waals surface area contributed by atoms with Crippen molar-refractivity contribution >= 4 is 5.91 Å². The van der Waals surface area contributed by atoms with Gasteiger partial charge in [0.2, 0.25) is 5.91 Å². The highest BCUT2D eigenvalue weighted by atomic mass is 16.8. The van der Waals surface area contributed by atoms with Gasteiger partial charge in [-0.1, -0.05) is 13.8 Å². The first kappa shape index (κ1) is 37.3. The fraction of sp³-hybridized carbons (Fsp3) is 0.962. The molecule has 18 heteroatoms. The van der Waals surface area contributed by atoms with Crippen molar-refractivity contribution in [2.75, 3.05) is 33.0 Å². The molecule has 0 aromatic carbocycles. The summed E-state index contributed by atoms with van der Waals surface area (Å²) in [6.45, 7) is 3.76. The van der Waals surface area contributed by atoms with E-state index >= 15 is 0 Å². The Balaban J connectivity index is 1.76. The lowest BCUT2D eigenvalue weighted by molar-refractivity contribution is -0.376. The maximum Gasteiger partial charge on any atom is 0.217 e. The molecule has 3 aliphatic heterocycles. The van der Waals surface area contributed by atoms with Crippen LogP contribution in [0.25, 0.3) is 0 Å². The molecule has 0 spiro atoms. The van der Waals surface area contributed by atoms with E-state index in [1.807, 2.05) is 13.8 Å². The summed E-state index contributed by atoms with van der Waals surface area (Å²) in [4.78, 5) is 12.0. The monoisotopic (exact) mass is 644 g/mol. The van der Waals surface area contributed by atoms with Crippen LogP contribution in [0.15, 0.2) is 0 Å². The molecular weight excluding hydrogens is 596 g/mol. The lowest BCUT2D eigenvalue weighted by Gasteiger charge is -2.48. The van der Waals surface area contributed by atoms with E-state index in [-0.39, 0.29) is 12.6 Å². The largest absolute Gasteiger partial charge is 0.394 e. The summed E-state index contributed by atoms with van der Waals surface area (Å²) in [5, 5.41) is 98.8. The fourth-order valence-electron chi connectivity index (χ4n) is 5.24. The number of carbonyl (C=O) groups is 1. The highest BCUT2D eigenvalue weighted by Crippen LogP contribution is 2.32. The molecule has 18 nitrogen and oxygen atoms in total. The molecule has 1 amide bonds. The molecule has 0 bridgehead atoms. The lowest BCUT2D eigenvalue weighted by atomic mass is 9.95. The van der Waals surface area contributed by atoms with Gasteiger partial charge in [-0.3, -0.25) is 4.79 Å². The predicted octanol–water partition coefficient (Wildman–Crippen LogP) is -6.02. The number of amides is 1. The molecular formula is C26H48N2O16. The first-order chi connectivity index (χ1) is 20.8. The minimum Gasteiger partial charge on any atom is -0.394 e. The Morgan fingerprint density at radius 3 is 1.82 bits per heavy atom. The van der Waals surface area contributed by atoms with Gasteiger partial charge >= 0.3 is 0 Å². The van der Waals surface area contributed by atoms with Crippen LogP contribution in [0.1, 0.15) is 27.2 Å². The summed E-state index contributed by atoms with van der Waals surface area (Å²) in [5.41, 5.74) is 0. The van der Waals surface area contributed by atoms with Crippen LogP contribution in [-0.4, -0.2) is 183 Å². The second-order valence-electron chi connectivity index (χ2n) is 11.4. The Kier molecular flexibility index (Phi) is 14.5. The molecule has 258 valence electrons. The highest BCUT2D eigenvalue weighted by Gasteiger charge is 2.54. The Morgan fingerprint density at radius 1 is 0.705 bits per heavy atom. The van der Waals surface area contributed by atoms with Crippen LogP contribution in [-0.2, 0) is 33.2 Å². The topological polar surface area (TPSA) is 279 Å². The zero-order valence-corrected chi connectivity index (χ0v) is 24.9. The minimum atomic E-state index is -1.90. The maximum absolute atomic E-state index is 12.0. The number of ether oxygens (including phenoxy) is 6. The smallest absolute Gasteiger partial charge is 0.217 e. The van der Waals surface area contributed by atoms with Crippen LogP contribution in [0.2, 0.25) is 0 Å². The third-order valence-corrected chi connectivity index (χ3v) is 7.63. The third-order valence-electron chi connectivity index (χ3n) is 7.63. The molecule has 0 saturated carbocycles. The van der Waals surface area contributed by atoms with Gasteiger partial charge in [0.1, 0.15) is 73.2 Å². The Labute approximate surface area is 254 Å². The van der Waals surface area contributed by atoms with E-state index in [4.69, 9.17) is 28.4 Å². The number of aliphatic hydroxyl groups is 9. The normalized spacial score (nSPS) is 43.2. The van der Waals surface area contributed by atoms with Crippen molar-refractivity contribution in [1.29, 1.82) is 0 Å². The summed E-state index contributed by atoms with van der Waals surface area (Å²) in [5.74, 6) is -0.528. The lowest BCUT2D eigenvalue weighted by Crippen LogP contribution is -2.68. The summed E-state index contributed by atoms with van der Waals surface area (Å²) in [6.07, 6.45) is -21.9. The maximum atomic E-state index is 12.0. The van der Waals surface area contributed by atoms with E-state index in [0.717, 1.165) is 0 Å². The van der Waals surface area contributed by atoms with E-state index in [1.165, 1.54) is 6.92 Å². The second-order valence-corrected chi connectivity index (χ2v) is 11.4. The van der Waals surface area contributed by atoms with Crippen molar-refractivity contribution in [2.45, 2.75) is 125 Å². The number of hydrogen-bond acceptors (Lipinski definition) is 17. The first-order valence-corrected chi connectivity index (χ1v) is 14.6. The van der Waals surface area contributed by atoms with E-state index in [0.29, 0.717) is 13.0 Å². The van der Waals surface area contributed by atoms with Crippen molar-refractivity contribution < 1.29 is 79.2 Å². The summed E-state index contributed by atoms with van der Waals surface area (Å²) >= 11 is 0. The third kappa shape index (κ3) is 9.00. The average molecular weight is 645 g/mol. The first-order valence-electron chi connectivity index (χ1n) is 14.6. The van der Waals surface area contributed by atoms with Crippen molar-refractivity contribution in [3.63, 3.8) is 0 Å². The molecule has 3 rings (SSSR count). The van der Waals surface area contributed by atoms with Gasteiger partial charge in [-0.2, -0.15) is 0 Å². The SMILES string of the molecule is CC(=O)NC1[C@H](OCCCNC(C)C)OC(CO)[C@@H](O[C@@H]2OC(CO)[C@H](O)[C@H](O[C@@H]3OC(CO)[C@H](O)[C@H](O)C3O)C2O)[C@@H]1O. The van der Waals surface area contributed by atoms with Gasteiger partial charge in [0.25, 0.3) is 0 Å². The van der Waals surface area contributed by atoms with Gasteiger partial charge < -0.3 is 85.0 Å². The van der Waals surface area contributed by atoms with Gasteiger partial charge in [-0.05, 0) is 13.0 Å². The Morgan fingerprint density at radius 2 is 1.25 bits per heavy atom. The van der Waals surface area contributed by atoms with Crippen LogP contribution in [0.3, 0.4) is 0 Å². The molecule has 0 aromatic heterocycles. The van der Waals surface area contributed by atoms with Gasteiger partial charge in [-0.15, -0.1) is 0 Å². The van der Waals surface area contributed by atoms with Gasteiger partial charge in [0, 0.05) is 13.0 Å². The number of aliphatic hydroxyl groups excluding tert-OH is 9. The highest BCUT2D eigenvalue weighted by molar-refractivity contribution is 5.73. The van der Waals surface area contributed by atoms with E-state index in [1.54, 1.807) is 0 Å². The van der Waals surface area contributed by atoms with Crippen molar-refractivity contribution in [1.82, 2.24) is 10.6 Å².